The van der Waals surface area contributed by atoms with Crippen LogP contribution in [0.2, 0.25) is 0 Å². The van der Waals surface area contributed by atoms with Crippen LogP contribution in [0.4, 0.5) is 4.39 Å². The summed E-state index contributed by atoms with van der Waals surface area (Å²) in [7, 11) is 0. The van der Waals surface area contributed by atoms with E-state index in [4.69, 9.17) is 10.9 Å². The van der Waals surface area contributed by atoms with Crippen molar-refractivity contribution in [3.63, 3.8) is 0 Å². The number of oxime groups is 1. The van der Waals surface area contributed by atoms with Crippen molar-refractivity contribution in [1.29, 1.82) is 0 Å². The molecule has 0 aromatic heterocycles. The molecular weight excluding hydrogens is 257 g/mol. The SMILES string of the molecule is N/C(=N/O)c1cc(F)cc(CN(CC2CC2)C2CC2)c1. The van der Waals surface area contributed by atoms with Crippen LogP contribution in [0.5, 0.6) is 0 Å². The van der Waals surface area contributed by atoms with Crippen LogP contribution in [0, 0.1) is 11.7 Å². The average molecular weight is 277 g/mol. The average Bonchev–Trinajstić information content (AvgIpc) is 3.27. The van der Waals surface area contributed by atoms with Gasteiger partial charge in [-0.05, 0) is 55.4 Å². The zero-order chi connectivity index (χ0) is 14.1. The molecule has 1 aromatic rings. The largest absolute Gasteiger partial charge is 0.409 e. The molecule has 3 rings (SSSR count). The van der Waals surface area contributed by atoms with Gasteiger partial charge in [0.15, 0.2) is 5.84 Å². The summed E-state index contributed by atoms with van der Waals surface area (Å²) in [6, 6.07) is 5.30. The number of hydrogen-bond acceptors (Lipinski definition) is 3. The van der Waals surface area contributed by atoms with Gasteiger partial charge in [-0.25, -0.2) is 4.39 Å². The second-order valence-electron chi connectivity index (χ2n) is 5.94. The minimum atomic E-state index is -0.341. The molecule has 0 bridgehead atoms. The van der Waals surface area contributed by atoms with Crippen molar-refractivity contribution < 1.29 is 9.60 Å². The van der Waals surface area contributed by atoms with Crippen LogP contribution in [0.1, 0.15) is 36.8 Å². The van der Waals surface area contributed by atoms with E-state index < -0.39 is 0 Å². The Balaban J connectivity index is 1.76. The van der Waals surface area contributed by atoms with Crippen molar-refractivity contribution in [2.75, 3.05) is 6.54 Å². The van der Waals surface area contributed by atoms with Crippen molar-refractivity contribution >= 4 is 5.84 Å². The number of benzene rings is 1. The number of rotatable bonds is 6. The third kappa shape index (κ3) is 3.28. The highest BCUT2D eigenvalue weighted by atomic mass is 19.1. The Morgan fingerprint density at radius 2 is 2.05 bits per heavy atom. The Morgan fingerprint density at radius 1 is 1.30 bits per heavy atom. The highest BCUT2D eigenvalue weighted by molar-refractivity contribution is 5.97. The molecule has 0 radical (unpaired) electrons. The monoisotopic (exact) mass is 277 g/mol. The molecule has 20 heavy (non-hydrogen) atoms. The lowest BCUT2D eigenvalue weighted by atomic mass is 10.1. The molecule has 108 valence electrons. The Labute approximate surface area is 118 Å². The topological polar surface area (TPSA) is 61.9 Å². The quantitative estimate of drug-likeness (QED) is 0.363. The first-order chi connectivity index (χ1) is 9.65. The highest BCUT2D eigenvalue weighted by Crippen LogP contribution is 2.35. The molecule has 2 fully saturated rings. The van der Waals surface area contributed by atoms with Crippen LogP contribution in [-0.2, 0) is 6.54 Å². The van der Waals surface area contributed by atoms with E-state index in [2.05, 4.69) is 10.1 Å². The van der Waals surface area contributed by atoms with Gasteiger partial charge in [0.25, 0.3) is 0 Å². The van der Waals surface area contributed by atoms with Gasteiger partial charge in [-0.1, -0.05) is 5.16 Å². The van der Waals surface area contributed by atoms with E-state index in [1.165, 1.54) is 37.8 Å². The zero-order valence-corrected chi connectivity index (χ0v) is 11.4. The second-order valence-corrected chi connectivity index (χ2v) is 5.94. The number of amidine groups is 1. The fraction of sp³-hybridized carbons (Fsp3) is 0.533. The van der Waals surface area contributed by atoms with Crippen LogP contribution < -0.4 is 5.73 Å². The fourth-order valence-corrected chi connectivity index (χ4v) is 2.60. The summed E-state index contributed by atoms with van der Waals surface area (Å²) in [5.41, 5.74) is 6.87. The van der Waals surface area contributed by atoms with Gasteiger partial charge in [0.1, 0.15) is 5.82 Å². The molecule has 1 aromatic carbocycles. The fourth-order valence-electron chi connectivity index (χ4n) is 2.60. The summed E-state index contributed by atoms with van der Waals surface area (Å²) < 4.78 is 13.7. The first kappa shape index (κ1) is 13.4. The summed E-state index contributed by atoms with van der Waals surface area (Å²) in [6.07, 6.45) is 5.13. The van der Waals surface area contributed by atoms with Crippen molar-refractivity contribution in [3.8, 4) is 0 Å². The summed E-state index contributed by atoms with van der Waals surface area (Å²) in [4.78, 5) is 2.45. The van der Waals surface area contributed by atoms with Gasteiger partial charge >= 0.3 is 0 Å². The third-order valence-electron chi connectivity index (χ3n) is 4.00. The van der Waals surface area contributed by atoms with Crippen molar-refractivity contribution in [3.05, 3.63) is 35.1 Å². The maximum Gasteiger partial charge on any atom is 0.170 e. The number of hydrogen-bond donors (Lipinski definition) is 2. The number of halogens is 1. The van der Waals surface area contributed by atoms with Crippen LogP contribution in [0.15, 0.2) is 23.4 Å². The Morgan fingerprint density at radius 3 is 2.65 bits per heavy atom. The van der Waals surface area contributed by atoms with E-state index in [1.807, 2.05) is 0 Å². The molecule has 2 saturated carbocycles. The normalized spacial score (nSPS) is 19.6. The molecule has 3 N–H and O–H groups in total. The third-order valence-corrected chi connectivity index (χ3v) is 4.00. The maximum absolute atomic E-state index is 13.7. The lowest BCUT2D eigenvalue weighted by molar-refractivity contribution is 0.244. The molecule has 0 spiro atoms. The lowest BCUT2D eigenvalue weighted by Gasteiger charge is -2.22. The summed E-state index contributed by atoms with van der Waals surface area (Å²) in [5.74, 6) is 0.435. The molecule has 0 atom stereocenters. The van der Waals surface area contributed by atoms with Gasteiger partial charge in [-0.15, -0.1) is 0 Å². The molecule has 2 aliphatic rings. The van der Waals surface area contributed by atoms with E-state index >= 15 is 0 Å². The predicted octanol–water partition coefficient (Wildman–Crippen LogP) is 2.29. The molecule has 0 saturated heterocycles. The number of nitrogens with two attached hydrogens (primary N) is 1. The van der Waals surface area contributed by atoms with Crippen molar-refractivity contribution in [1.82, 2.24) is 4.90 Å². The van der Waals surface area contributed by atoms with Crippen molar-refractivity contribution in [2.24, 2.45) is 16.8 Å². The first-order valence-corrected chi connectivity index (χ1v) is 7.17. The second kappa shape index (κ2) is 5.40. The Kier molecular flexibility index (Phi) is 3.61. The smallest absolute Gasteiger partial charge is 0.170 e. The van der Waals surface area contributed by atoms with E-state index in [0.29, 0.717) is 11.6 Å². The standard InChI is InChI=1S/C15H20FN3O/c16-13-6-11(5-12(7-13)15(17)18-20)9-19(14-3-4-14)8-10-1-2-10/h5-7,10,14,20H,1-4,8-9H2,(H2,17,18). The van der Waals surface area contributed by atoms with E-state index in [-0.39, 0.29) is 11.7 Å². The molecular formula is C15H20FN3O. The Bertz CT molecular complexity index is 524. The lowest BCUT2D eigenvalue weighted by Crippen LogP contribution is -2.28. The molecule has 0 amide bonds. The molecule has 0 aliphatic heterocycles. The highest BCUT2D eigenvalue weighted by Gasteiger charge is 2.33. The zero-order valence-electron chi connectivity index (χ0n) is 11.4. The van der Waals surface area contributed by atoms with Gasteiger partial charge in [0.2, 0.25) is 0 Å². The van der Waals surface area contributed by atoms with Crippen molar-refractivity contribution in [2.45, 2.75) is 38.3 Å². The summed E-state index contributed by atoms with van der Waals surface area (Å²) in [5, 5.41) is 11.6. The first-order valence-electron chi connectivity index (χ1n) is 7.17. The van der Waals surface area contributed by atoms with E-state index in [9.17, 15) is 4.39 Å². The minimum Gasteiger partial charge on any atom is -0.409 e. The van der Waals surface area contributed by atoms with Gasteiger partial charge in [-0.2, -0.15) is 0 Å². The van der Waals surface area contributed by atoms with Crippen LogP contribution >= 0.6 is 0 Å². The van der Waals surface area contributed by atoms with E-state index in [1.54, 1.807) is 6.07 Å². The van der Waals surface area contributed by atoms with Gasteiger partial charge in [-0.3, -0.25) is 4.90 Å². The predicted molar refractivity (Wildman–Crippen MR) is 75.1 cm³/mol. The number of nitrogens with zero attached hydrogens (tertiary/aromatic N) is 2. The van der Waals surface area contributed by atoms with E-state index in [0.717, 1.165) is 24.6 Å². The molecule has 4 nitrogen and oxygen atoms in total. The Hall–Kier alpha value is -1.62. The molecule has 0 heterocycles. The molecule has 0 unspecified atom stereocenters. The van der Waals surface area contributed by atoms with Gasteiger partial charge < -0.3 is 10.9 Å². The summed E-state index contributed by atoms with van der Waals surface area (Å²) >= 11 is 0. The summed E-state index contributed by atoms with van der Waals surface area (Å²) in [6.45, 7) is 1.85. The van der Waals surface area contributed by atoms with Crippen LogP contribution in [-0.4, -0.2) is 28.5 Å². The van der Waals surface area contributed by atoms with Crippen LogP contribution in [0.25, 0.3) is 0 Å². The van der Waals surface area contributed by atoms with Gasteiger partial charge in [0, 0.05) is 24.7 Å². The molecule has 5 heteroatoms. The maximum atomic E-state index is 13.7. The van der Waals surface area contributed by atoms with Crippen LogP contribution in [0.3, 0.4) is 0 Å². The van der Waals surface area contributed by atoms with Gasteiger partial charge in [0.05, 0.1) is 0 Å². The minimum absolute atomic E-state index is 0.0501. The molecule has 2 aliphatic carbocycles.